The van der Waals surface area contributed by atoms with E-state index in [1.165, 1.54) is 11.8 Å². The average molecular weight is 357 g/mol. The Labute approximate surface area is 153 Å². The van der Waals surface area contributed by atoms with Gasteiger partial charge < -0.3 is 15.4 Å². The predicted octanol–water partition coefficient (Wildman–Crippen LogP) is 1.67. The first kappa shape index (κ1) is 19.6. The van der Waals surface area contributed by atoms with Gasteiger partial charge in [-0.1, -0.05) is 65.8 Å². The van der Waals surface area contributed by atoms with Crippen LogP contribution in [0.5, 0.6) is 0 Å². The Kier molecular flexibility index (Phi) is 7.32. The molecule has 0 aliphatic carbocycles. The molecule has 2 unspecified atom stereocenters. The molecule has 2 atom stereocenters. The summed E-state index contributed by atoms with van der Waals surface area (Å²) in [6.45, 7) is 0. The zero-order valence-electron chi connectivity index (χ0n) is 15.0. The van der Waals surface area contributed by atoms with Crippen LogP contribution in [0.15, 0.2) is 65.8 Å². The Morgan fingerprint density at radius 1 is 0.923 bits per heavy atom. The van der Waals surface area contributed by atoms with Crippen molar-refractivity contribution in [1.29, 1.82) is 0 Å². The fourth-order valence-corrected chi connectivity index (χ4v) is 2.69. The quantitative estimate of drug-likeness (QED) is 0.290. The second-order valence-electron chi connectivity index (χ2n) is 5.98. The third-order valence-electron chi connectivity index (χ3n) is 4.24. The fourth-order valence-electron chi connectivity index (χ4n) is 2.69. The molecule has 138 valence electrons. The lowest BCUT2D eigenvalue weighted by Crippen LogP contribution is -2.44. The summed E-state index contributed by atoms with van der Waals surface area (Å²) in [6.07, 6.45) is -2.04. The molecular formula is C20H25N2O4+. The van der Waals surface area contributed by atoms with Crippen LogP contribution in [0.25, 0.3) is 0 Å². The van der Waals surface area contributed by atoms with E-state index in [0.717, 1.165) is 11.1 Å². The molecule has 0 aliphatic rings. The van der Waals surface area contributed by atoms with Crippen LogP contribution in [-0.2, 0) is 17.7 Å². The SMILES string of the molecule is CO[N+](C)=C(Cc1ccccc1)C(O)C(O)C(Cc1ccccc1)=NO. The van der Waals surface area contributed by atoms with E-state index in [2.05, 4.69) is 5.16 Å². The lowest BCUT2D eigenvalue weighted by atomic mass is 9.95. The Bertz CT molecular complexity index is 745. The van der Waals surface area contributed by atoms with Crippen LogP contribution in [0, 0.1) is 0 Å². The summed E-state index contributed by atoms with van der Waals surface area (Å²) in [4.78, 5) is 5.21. The summed E-state index contributed by atoms with van der Waals surface area (Å²) in [5.74, 6) is 0. The van der Waals surface area contributed by atoms with Gasteiger partial charge in [0, 0.05) is 6.42 Å². The molecule has 0 aromatic heterocycles. The second-order valence-corrected chi connectivity index (χ2v) is 5.98. The van der Waals surface area contributed by atoms with Gasteiger partial charge in [-0.15, -0.1) is 0 Å². The second kappa shape index (κ2) is 9.70. The number of hydroxylamine groups is 1. The zero-order chi connectivity index (χ0) is 18.9. The normalized spacial score (nSPS) is 15.2. The summed E-state index contributed by atoms with van der Waals surface area (Å²) in [5, 5.41) is 33.9. The molecular weight excluding hydrogens is 332 g/mol. The number of oxime groups is 1. The molecule has 0 heterocycles. The Morgan fingerprint density at radius 2 is 1.42 bits per heavy atom. The highest BCUT2D eigenvalue weighted by Crippen LogP contribution is 2.11. The highest BCUT2D eigenvalue weighted by molar-refractivity contribution is 5.97. The van der Waals surface area contributed by atoms with E-state index in [9.17, 15) is 15.4 Å². The van der Waals surface area contributed by atoms with Crippen molar-refractivity contribution in [2.75, 3.05) is 14.2 Å². The summed E-state index contributed by atoms with van der Waals surface area (Å²) >= 11 is 0. The lowest BCUT2D eigenvalue weighted by molar-refractivity contribution is -0.762. The van der Waals surface area contributed by atoms with Crippen molar-refractivity contribution in [3.05, 3.63) is 71.8 Å². The van der Waals surface area contributed by atoms with Crippen LogP contribution in [0.3, 0.4) is 0 Å². The maximum absolute atomic E-state index is 10.7. The van der Waals surface area contributed by atoms with Crippen LogP contribution in [-0.4, -0.2) is 57.9 Å². The molecule has 6 heteroatoms. The molecule has 2 aromatic rings. The first-order valence-electron chi connectivity index (χ1n) is 8.35. The average Bonchev–Trinajstić information content (AvgIpc) is 2.70. The molecule has 0 saturated heterocycles. The van der Waals surface area contributed by atoms with E-state index in [0.29, 0.717) is 12.1 Å². The Morgan fingerprint density at radius 3 is 1.88 bits per heavy atom. The van der Waals surface area contributed by atoms with Gasteiger partial charge in [0.1, 0.15) is 13.2 Å². The topological polar surface area (TPSA) is 85.3 Å². The molecule has 0 bridgehead atoms. The molecule has 0 aliphatic heterocycles. The van der Waals surface area contributed by atoms with Crippen molar-refractivity contribution in [3.63, 3.8) is 0 Å². The van der Waals surface area contributed by atoms with Crippen molar-refractivity contribution in [2.45, 2.75) is 25.0 Å². The maximum atomic E-state index is 10.7. The standard InChI is InChI=1S/C20H24N2O4/c1-22(26-2)18(14-16-11-7-4-8-12-16)20(24)19(23)17(21-25)13-15-9-5-3-6-10-15/h3-12,19-20,23-24H,13-14H2,1-2H3/p+1. The number of hydrogen-bond acceptors (Lipinski definition) is 5. The number of rotatable bonds is 8. The van der Waals surface area contributed by atoms with E-state index in [1.807, 2.05) is 60.7 Å². The van der Waals surface area contributed by atoms with E-state index >= 15 is 0 Å². The summed E-state index contributed by atoms with van der Waals surface area (Å²) in [5.41, 5.74) is 2.37. The van der Waals surface area contributed by atoms with Gasteiger partial charge >= 0.3 is 0 Å². The molecule has 0 amide bonds. The highest BCUT2D eigenvalue weighted by Gasteiger charge is 2.33. The van der Waals surface area contributed by atoms with Gasteiger partial charge in [0.05, 0.1) is 12.1 Å². The van der Waals surface area contributed by atoms with E-state index in [-0.39, 0.29) is 12.1 Å². The largest absolute Gasteiger partial charge is 0.411 e. The number of aliphatic hydroxyl groups is 2. The first-order chi connectivity index (χ1) is 12.6. The van der Waals surface area contributed by atoms with Gasteiger partial charge in [-0.05, 0) is 15.9 Å². The van der Waals surface area contributed by atoms with Crippen molar-refractivity contribution in [2.24, 2.45) is 5.16 Å². The Balaban J connectivity index is 2.22. The lowest BCUT2D eigenvalue weighted by Gasteiger charge is -2.18. The van der Waals surface area contributed by atoms with Crippen LogP contribution in [0.4, 0.5) is 0 Å². The molecule has 6 nitrogen and oxygen atoms in total. The smallest absolute Gasteiger partial charge is 0.239 e. The van der Waals surface area contributed by atoms with Crippen LogP contribution < -0.4 is 0 Å². The number of aliphatic hydroxyl groups excluding tert-OH is 2. The predicted molar refractivity (Wildman–Crippen MR) is 99.7 cm³/mol. The maximum Gasteiger partial charge on any atom is 0.239 e. The van der Waals surface area contributed by atoms with E-state index < -0.39 is 12.2 Å². The van der Waals surface area contributed by atoms with Crippen LogP contribution in [0.1, 0.15) is 11.1 Å². The Hall–Kier alpha value is -2.70. The van der Waals surface area contributed by atoms with Gasteiger partial charge in [0.15, 0.2) is 13.2 Å². The van der Waals surface area contributed by atoms with Crippen LogP contribution in [0.2, 0.25) is 0 Å². The minimum atomic E-state index is -1.36. The zero-order valence-corrected chi connectivity index (χ0v) is 15.0. The van der Waals surface area contributed by atoms with Gasteiger partial charge in [-0.25, -0.2) is 0 Å². The van der Waals surface area contributed by atoms with Crippen LogP contribution >= 0.6 is 0 Å². The van der Waals surface area contributed by atoms with Gasteiger partial charge in [-0.2, -0.15) is 0 Å². The highest BCUT2D eigenvalue weighted by atomic mass is 16.6. The molecule has 2 rings (SSSR count). The molecule has 0 radical (unpaired) electrons. The van der Waals surface area contributed by atoms with E-state index in [4.69, 9.17) is 4.84 Å². The van der Waals surface area contributed by atoms with Gasteiger partial charge in [0.2, 0.25) is 5.71 Å². The molecule has 0 fully saturated rings. The van der Waals surface area contributed by atoms with E-state index in [1.54, 1.807) is 7.05 Å². The molecule has 2 aromatic carbocycles. The summed E-state index contributed by atoms with van der Waals surface area (Å²) in [6, 6.07) is 18.9. The monoisotopic (exact) mass is 357 g/mol. The molecule has 0 spiro atoms. The van der Waals surface area contributed by atoms with Gasteiger partial charge in [-0.3, -0.25) is 4.84 Å². The van der Waals surface area contributed by atoms with Crippen molar-refractivity contribution in [1.82, 2.24) is 0 Å². The van der Waals surface area contributed by atoms with Crippen molar-refractivity contribution >= 4 is 11.4 Å². The van der Waals surface area contributed by atoms with Gasteiger partial charge in [0.25, 0.3) is 0 Å². The van der Waals surface area contributed by atoms with Crippen molar-refractivity contribution < 1.29 is 25.0 Å². The first-order valence-corrected chi connectivity index (χ1v) is 8.35. The minimum Gasteiger partial charge on any atom is -0.411 e. The molecule has 0 saturated carbocycles. The van der Waals surface area contributed by atoms with Crippen molar-refractivity contribution in [3.8, 4) is 0 Å². The summed E-state index contributed by atoms with van der Waals surface area (Å²) < 4.78 is 1.42. The fraction of sp³-hybridized carbons (Fsp3) is 0.300. The third-order valence-corrected chi connectivity index (χ3v) is 4.24. The molecule has 26 heavy (non-hydrogen) atoms. The number of nitrogens with zero attached hydrogens (tertiary/aromatic N) is 2. The number of benzene rings is 2. The minimum absolute atomic E-state index is 0.0822. The summed E-state index contributed by atoms with van der Waals surface area (Å²) in [7, 11) is 3.14. The molecule has 3 N–H and O–H groups in total. The number of hydrogen-bond donors (Lipinski definition) is 3. The third kappa shape index (κ3) is 5.15.